The minimum absolute atomic E-state index is 0.134. The molecule has 4 heteroatoms. The second-order valence-electron chi connectivity index (χ2n) is 6.60. The Labute approximate surface area is 129 Å². The van der Waals surface area contributed by atoms with Crippen LogP contribution in [0.1, 0.15) is 43.6 Å². The highest BCUT2D eigenvalue weighted by molar-refractivity contribution is 6.34. The van der Waals surface area contributed by atoms with Gasteiger partial charge >= 0.3 is 0 Å². The molecule has 0 spiro atoms. The van der Waals surface area contributed by atoms with Crippen LogP contribution >= 0.6 is 11.6 Å². The fourth-order valence-electron chi connectivity index (χ4n) is 3.09. The largest absolute Gasteiger partial charge is 0.348 e. The van der Waals surface area contributed by atoms with Gasteiger partial charge in [0.05, 0.1) is 0 Å². The van der Waals surface area contributed by atoms with E-state index in [1.54, 1.807) is 6.07 Å². The molecule has 2 aromatic rings. The third-order valence-corrected chi connectivity index (χ3v) is 4.52. The Morgan fingerprint density at radius 3 is 2.86 bits per heavy atom. The molecule has 1 aliphatic carbocycles. The molecule has 3 rings (SSSR count). The lowest BCUT2D eigenvalue weighted by atomic mass is 9.92. The van der Waals surface area contributed by atoms with Gasteiger partial charge in [0.25, 0.3) is 5.91 Å². The van der Waals surface area contributed by atoms with Crippen molar-refractivity contribution in [3.63, 3.8) is 0 Å². The van der Waals surface area contributed by atoms with Crippen LogP contribution in [-0.2, 0) is 0 Å². The summed E-state index contributed by atoms with van der Waals surface area (Å²) in [5.74, 6) is -0.134. The zero-order valence-corrected chi connectivity index (χ0v) is 13.1. The standard InChI is InChI=1S/C17H19ClN2O/c1-17(2)8-7-12(10-17)19-16(21)14-9-11-5-3-4-6-13(11)15(18)20-14/h3-6,9,12H,7-8,10H2,1-2H3,(H,19,21). The van der Waals surface area contributed by atoms with Crippen molar-refractivity contribution in [1.82, 2.24) is 10.3 Å². The van der Waals surface area contributed by atoms with Crippen molar-refractivity contribution in [3.8, 4) is 0 Å². The molecule has 1 saturated carbocycles. The maximum absolute atomic E-state index is 12.4. The summed E-state index contributed by atoms with van der Waals surface area (Å²) in [5, 5.41) is 5.27. The van der Waals surface area contributed by atoms with Gasteiger partial charge in [-0.2, -0.15) is 0 Å². The first kappa shape index (κ1) is 14.3. The Bertz CT molecular complexity index is 696. The van der Waals surface area contributed by atoms with Crippen LogP contribution in [0.2, 0.25) is 5.15 Å². The van der Waals surface area contributed by atoms with Crippen molar-refractivity contribution in [3.05, 3.63) is 41.2 Å². The third-order valence-electron chi connectivity index (χ3n) is 4.23. The summed E-state index contributed by atoms with van der Waals surface area (Å²) in [6.45, 7) is 4.48. The molecule has 110 valence electrons. The van der Waals surface area contributed by atoms with Crippen LogP contribution in [0.25, 0.3) is 10.8 Å². The number of rotatable bonds is 2. The summed E-state index contributed by atoms with van der Waals surface area (Å²) in [6.07, 6.45) is 3.18. The molecular weight excluding hydrogens is 284 g/mol. The Morgan fingerprint density at radius 1 is 1.38 bits per heavy atom. The smallest absolute Gasteiger partial charge is 0.270 e. The molecule has 0 radical (unpaired) electrons. The summed E-state index contributed by atoms with van der Waals surface area (Å²) in [4.78, 5) is 16.6. The highest BCUT2D eigenvalue weighted by Crippen LogP contribution is 2.37. The topological polar surface area (TPSA) is 42.0 Å². The lowest BCUT2D eigenvalue weighted by molar-refractivity contribution is 0.0931. The van der Waals surface area contributed by atoms with E-state index in [-0.39, 0.29) is 11.9 Å². The highest BCUT2D eigenvalue weighted by atomic mass is 35.5. The third kappa shape index (κ3) is 3.03. The molecule has 1 aromatic carbocycles. The number of halogens is 1. The molecule has 3 nitrogen and oxygen atoms in total. The summed E-state index contributed by atoms with van der Waals surface area (Å²) < 4.78 is 0. The Balaban J connectivity index is 1.82. The van der Waals surface area contributed by atoms with E-state index in [2.05, 4.69) is 24.1 Å². The van der Waals surface area contributed by atoms with Crippen LogP contribution in [0, 0.1) is 5.41 Å². The van der Waals surface area contributed by atoms with E-state index in [1.807, 2.05) is 24.3 Å². The second kappa shape index (κ2) is 5.30. The normalized spacial score (nSPS) is 20.6. The van der Waals surface area contributed by atoms with Gasteiger partial charge in [0.15, 0.2) is 0 Å². The SMILES string of the molecule is CC1(C)CCC(NC(=O)c2cc3ccccc3c(Cl)n2)C1. The summed E-state index contributed by atoms with van der Waals surface area (Å²) in [7, 11) is 0. The summed E-state index contributed by atoms with van der Waals surface area (Å²) in [6, 6.07) is 9.73. The molecule has 0 saturated heterocycles. The number of nitrogens with one attached hydrogen (secondary N) is 1. The van der Waals surface area contributed by atoms with Crippen LogP contribution in [0.5, 0.6) is 0 Å². The first-order chi connectivity index (χ1) is 9.94. The summed E-state index contributed by atoms with van der Waals surface area (Å²) in [5.41, 5.74) is 0.704. The van der Waals surface area contributed by atoms with E-state index < -0.39 is 0 Å². The quantitative estimate of drug-likeness (QED) is 0.845. The molecule has 1 aromatic heterocycles. The molecule has 1 heterocycles. The zero-order chi connectivity index (χ0) is 15.0. The van der Waals surface area contributed by atoms with Gasteiger partial charge in [-0.3, -0.25) is 4.79 Å². The van der Waals surface area contributed by atoms with Crippen molar-refractivity contribution >= 4 is 28.3 Å². The van der Waals surface area contributed by atoms with Crippen molar-refractivity contribution in [1.29, 1.82) is 0 Å². The fourth-order valence-corrected chi connectivity index (χ4v) is 3.35. The number of benzene rings is 1. The molecule has 1 unspecified atom stereocenters. The lowest BCUT2D eigenvalue weighted by Crippen LogP contribution is -2.34. The average Bonchev–Trinajstić information content (AvgIpc) is 2.78. The van der Waals surface area contributed by atoms with Gasteiger partial charge in [0.1, 0.15) is 10.8 Å². The van der Waals surface area contributed by atoms with E-state index in [9.17, 15) is 4.79 Å². The number of fused-ring (bicyclic) bond motifs is 1. The monoisotopic (exact) mass is 302 g/mol. The van der Waals surface area contributed by atoms with Crippen LogP contribution in [0.4, 0.5) is 0 Å². The predicted molar refractivity (Wildman–Crippen MR) is 85.6 cm³/mol. The molecule has 1 aliphatic rings. The van der Waals surface area contributed by atoms with Crippen LogP contribution in [-0.4, -0.2) is 16.9 Å². The molecule has 1 amide bonds. The maximum atomic E-state index is 12.4. The molecule has 0 bridgehead atoms. The number of nitrogens with zero attached hydrogens (tertiary/aromatic N) is 1. The van der Waals surface area contributed by atoms with E-state index in [0.717, 1.165) is 30.0 Å². The van der Waals surface area contributed by atoms with Gasteiger partial charge in [-0.25, -0.2) is 4.98 Å². The molecule has 1 N–H and O–H groups in total. The average molecular weight is 303 g/mol. The number of pyridine rings is 1. The molecule has 0 aliphatic heterocycles. The van der Waals surface area contributed by atoms with Gasteiger partial charge in [-0.15, -0.1) is 0 Å². The van der Waals surface area contributed by atoms with Crippen LogP contribution in [0.3, 0.4) is 0 Å². The van der Waals surface area contributed by atoms with Gasteiger partial charge < -0.3 is 5.32 Å². The first-order valence-corrected chi connectivity index (χ1v) is 7.69. The lowest BCUT2D eigenvalue weighted by Gasteiger charge is -2.17. The number of carbonyl (C=O) groups is 1. The zero-order valence-electron chi connectivity index (χ0n) is 12.3. The molecule has 21 heavy (non-hydrogen) atoms. The summed E-state index contributed by atoms with van der Waals surface area (Å²) >= 11 is 6.18. The molecule has 1 fully saturated rings. The van der Waals surface area contributed by atoms with Gasteiger partial charge in [-0.1, -0.05) is 49.7 Å². The highest BCUT2D eigenvalue weighted by Gasteiger charge is 2.32. The Hall–Kier alpha value is -1.61. The van der Waals surface area contributed by atoms with Crippen LogP contribution in [0.15, 0.2) is 30.3 Å². The first-order valence-electron chi connectivity index (χ1n) is 7.31. The number of hydrogen-bond donors (Lipinski definition) is 1. The van der Waals surface area contributed by atoms with Crippen LogP contribution < -0.4 is 5.32 Å². The molecule has 1 atom stereocenters. The van der Waals surface area contributed by atoms with E-state index in [0.29, 0.717) is 16.3 Å². The minimum Gasteiger partial charge on any atom is -0.348 e. The number of carbonyl (C=O) groups excluding carboxylic acids is 1. The van der Waals surface area contributed by atoms with Crippen molar-refractivity contribution < 1.29 is 4.79 Å². The van der Waals surface area contributed by atoms with Crippen molar-refractivity contribution in [2.24, 2.45) is 5.41 Å². The number of amides is 1. The number of aromatic nitrogens is 1. The minimum atomic E-state index is -0.134. The Kier molecular flexibility index (Phi) is 3.62. The van der Waals surface area contributed by atoms with Gasteiger partial charge in [0, 0.05) is 11.4 Å². The van der Waals surface area contributed by atoms with Gasteiger partial charge in [-0.05, 0) is 36.1 Å². The van der Waals surface area contributed by atoms with E-state index >= 15 is 0 Å². The van der Waals surface area contributed by atoms with Crippen molar-refractivity contribution in [2.75, 3.05) is 0 Å². The Morgan fingerprint density at radius 2 is 2.14 bits per heavy atom. The van der Waals surface area contributed by atoms with Gasteiger partial charge in [0.2, 0.25) is 0 Å². The number of hydrogen-bond acceptors (Lipinski definition) is 2. The van der Waals surface area contributed by atoms with Crippen molar-refractivity contribution in [2.45, 2.75) is 39.2 Å². The van der Waals surface area contributed by atoms with E-state index in [4.69, 9.17) is 11.6 Å². The maximum Gasteiger partial charge on any atom is 0.270 e. The second-order valence-corrected chi connectivity index (χ2v) is 6.95. The fraction of sp³-hybridized carbons (Fsp3) is 0.412. The molecular formula is C17H19ClN2O. The predicted octanol–water partition coefficient (Wildman–Crippen LogP) is 4.20. The van der Waals surface area contributed by atoms with E-state index in [1.165, 1.54) is 0 Å².